The monoisotopic (exact) mass is 460 g/mol. The molecule has 6 nitrogen and oxygen atoms in total. The molecule has 5 rings (SSSR count). The van der Waals surface area contributed by atoms with E-state index in [4.69, 9.17) is 16.3 Å². The zero-order chi connectivity index (χ0) is 23.1. The quantitative estimate of drug-likeness (QED) is 0.338. The van der Waals surface area contributed by atoms with Crippen molar-refractivity contribution in [1.82, 2.24) is 4.98 Å². The molecule has 1 unspecified atom stereocenters. The van der Waals surface area contributed by atoms with Gasteiger partial charge in [0.2, 0.25) is 0 Å². The number of carbonyl (C=O) groups is 2. The first-order chi connectivity index (χ1) is 16.0. The summed E-state index contributed by atoms with van der Waals surface area (Å²) in [6.45, 7) is 2.49. The average molecular weight is 461 g/mol. The number of anilines is 1. The van der Waals surface area contributed by atoms with Crippen LogP contribution < -0.4 is 9.64 Å². The van der Waals surface area contributed by atoms with Gasteiger partial charge in [0, 0.05) is 28.7 Å². The van der Waals surface area contributed by atoms with E-state index in [0.29, 0.717) is 28.4 Å². The Kier molecular flexibility index (Phi) is 5.38. The molecule has 1 aromatic heterocycles. The Hall–Kier alpha value is -3.64. The number of hydrogen-bond donors (Lipinski definition) is 1. The summed E-state index contributed by atoms with van der Waals surface area (Å²) in [4.78, 5) is 32.0. The van der Waals surface area contributed by atoms with Crippen molar-refractivity contribution in [1.29, 1.82) is 0 Å². The highest BCUT2D eigenvalue weighted by molar-refractivity contribution is 6.51. The van der Waals surface area contributed by atoms with E-state index in [0.717, 1.165) is 29.7 Å². The summed E-state index contributed by atoms with van der Waals surface area (Å²) in [6, 6.07) is 13.1. The maximum Gasteiger partial charge on any atom is 0.300 e. The molecule has 0 radical (unpaired) electrons. The third kappa shape index (κ3) is 3.66. The zero-order valence-electron chi connectivity index (χ0n) is 17.9. The van der Waals surface area contributed by atoms with Crippen LogP contribution in [0, 0.1) is 6.92 Å². The molecule has 0 saturated carbocycles. The Morgan fingerprint density at radius 3 is 2.67 bits per heavy atom. The second kappa shape index (κ2) is 8.37. The van der Waals surface area contributed by atoms with Crippen molar-refractivity contribution < 1.29 is 19.4 Å². The van der Waals surface area contributed by atoms with Gasteiger partial charge in [-0.2, -0.15) is 0 Å². The lowest BCUT2D eigenvalue weighted by Gasteiger charge is -2.27. The molecule has 0 spiro atoms. The fourth-order valence-corrected chi connectivity index (χ4v) is 4.72. The predicted molar refractivity (Wildman–Crippen MR) is 125 cm³/mol. The van der Waals surface area contributed by atoms with Gasteiger partial charge in [0.1, 0.15) is 11.5 Å². The third-order valence-electron chi connectivity index (χ3n) is 6.07. The van der Waals surface area contributed by atoms with E-state index in [1.165, 1.54) is 4.90 Å². The van der Waals surface area contributed by atoms with Gasteiger partial charge in [0.25, 0.3) is 11.7 Å². The van der Waals surface area contributed by atoms with Gasteiger partial charge in [-0.05, 0) is 85.0 Å². The summed E-state index contributed by atoms with van der Waals surface area (Å²) in [5, 5.41) is 11.9. The van der Waals surface area contributed by atoms with Crippen LogP contribution in [-0.2, 0) is 16.0 Å². The molecule has 1 saturated heterocycles. The Labute approximate surface area is 196 Å². The van der Waals surface area contributed by atoms with Crippen LogP contribution in [0.25, 0.3) is 5.76 Å². The highest BCUT2D eigenvalue weighted by atomic mass is 35.5. The van der Waals surface area contributed by atoms with Crippen LogP contribution in [0.15, 0.2) is 66.5 Å². The molecule has 7 heteroatoms. The van der Waals surface area contributed by atoms with Gasteiger partial charge in [-0.3, -0.25) is 19.5 Å². The van der Waals surface area contributed by atoms with Crippen molar-refractivity contribution >= 4 is 34.7 Å². The van der Waals surface area contributed by atoms with Gasteiger partial charge in [-0.25, -0.2) is 0 Å². The number of Topliss-reactive ketones (excluding diaryl/α,β-unsaturated/α-hetero) is 1. The summed E-state index contributed by atoms with van der Waals surface area (Å²) in [6.07, 6.45) is 4.90. The second-order valence-electron chi connectivity index (χ2n) is 8.15. The summed E-state index contributed by atoms with van der Waals surface area (Å²) in [7, 11) is 0. The molecule has 1 amide bonds. The lowest BCUT2D eigenvalue weighted by Crippen LogP contribution is -2.30. The molecule has 0 bridgehead atoms. The van der Waals surface area contributed by atoms with Crippen LogP contribution in [0.1, 0.15) is 34.7 Å². The third-order valence-corrected chi connectivity index (χ3v) is 6.30. The number of carbonyl (C=O) groups excluding carboxylic acids is 2. The van der Waals surface area contributed by atoms with Crippen molar-refractivity contribution in [2.45, 2.75) is 25.8 Å². The Morgan fingerprint density at radius 1 is 1.12 bits per heavy atom. The van der Waals surface area contributed by atoms with Crippen molar-refractivity contribution in [3.05, 3.63) is 93.8 Å². The van der Waals surface area contributed by atoms with Crippen LogP contribution in [0.3, 0.4) is 0 Å². The number of rotatable bonds is 3. The van der Waals surface area contributed by atoms with E-state index in [9.17, 15) is 14.7 Å². The van der Waals surface area contributed by atoms with E-state index >= 15 is 0 Å². The van der Waals surface area contributed by atoms with E-state index in [-0.39, 0.29) is 11.3 Å². The van der Waals surface area contributed by atoms with E-state index < -0.39 is 17.7 Å². The molecule has 1 atom stereocenters. The van der Waals surface area contributed by atoms with Crippen LogP contribution in [0.2, 0.25) is 5.02 Å². The molecule has 33 heavy (non-hydrogen) atoms. The number of nitrogens with zero attached hydrogens (tertiary/aromatic N) is 2. The van der Waals surface area contributed by atoms with Crippen LogP contribution in [-0.4, -0.2) is 28.4 Å². The lowest BCUT2D eigenvalue weighted by atomic mass is 9.94. The average Bonchev–Trinajstić information content (AvgIpc) is 3.09. The van der Waals surface area contributed by atoms with Gasteiger partial charge in [0.15, 0.2) is 0 Å². The Morgan fingerprint density at radius 2 is 1.91 bits per heavy atom. The number of aliphatic hydroxyl groups is 1. The van der Waals surface area contributed by atoms with Crippen LogP contribution >= 0.6 is 11.6 Å². The Balaban J connectivity index is 1.70. The van der Waals surface area contributed by atoms with E-state index in [1.54, 1.807) is 54.9 Å². The second-order valence-corrected chi connectivity index (χ2v) is 8.59. The smallest absolute Gasteiger partial charge is 0.300 e. The number of ketones is 1. The van der Waals surface area contributed by atoms with Crippen LogP contribution in [0.5, 0.6) is 5.75 Å². The number of aliphatic hydroxyl groups excluding tert-OH is 1. The predicted octanol–water partition coefficient (Wildman–Crippen LogP) is 4.99. The standard InChI is InChI=1S/C26H21ClN2O4/c1-15-13-19(27)5-6-20(15)29-23(16-8-10-28-11-9-16)22(25(31)26(29)32)24(30)18-4-7-21-17(14-18)3-2-12-33-21/h4-11,13-14,23,30H,2-3,12H2,1H3/b24-22-. The van der Waals surface area contributed by atoms with Gasteiger partial charge >= 0.3 is 0 Å². The van der Waals surface area contributed by atoms with E-state index in [2.05, 4.69) is 4.98 Å². The number of hydrogen-bond acceptors (Lipinski definition) is 5. The minimum Gasteiger partial charge on any atom is -0.507 e. The number of pyridine rings is 1. The van der Waals surface area contributed by atoms with Crippen molar-refractivity contribution in [2.75, 3.05) is 11.5 Å². The minimum atomic E-state index is -0.805. The molecule has 0 aliphatic carbocycles. The van der Waals surface area contributed by atoms with Crippen molar-refractivity contribution in [3.8, 4) is 5.75 Å². The molecule has 3 aromatic rings. The SMILES string of the molecule is Cc1cc(Cl)ccc1N1C(=O)C(=O)/C(=C(\O)c2ccc3c(c2)CCCO3)C1c1ccncc1. The maximum atomic E-state index is 13.3. The topological polar surface area (TPSA) is 79.7 Å². The number of aromatic nitrogens is 1. The number of benzene rings is 2. The first-order valence-electron chi connectivity index (χ1n) is 10.7. The molecule has 166 valence electrons. The number of ether oxygens (including phenoxy) is 1. The van der Waals surface area contributed by atoms with Gasteiger partial charge in [-0.15, -0.1) is 0 Å². The summed E-state index contributed by atoms with van der Waals surface area (Å²) in [5.74, 6) is -0.874. The van der Waals surface area contributed by atoms with Gasteiger partial charge < -0.3 is 9.84 Å². The van der Waals surface area contributed by atoms with Crippen molar-refractivity contribution in [2.24, 2.45) is 0 Å². The first kappa shape index (κ1) is 21.2. The minimum absolute atomic E-state index is 0.0391. The van der Waals surface area contributed by atoms with Gasteiger partial charge in [-0.1, -0.05) is 11.6 Å². The molecule has 2 aliphatic rings. The number of amides is 1. The largest absolute Gasteiger partial charge is 0.507 e. The first-order valence-corrected chi connectivity index (χ1v) is 11.1. The summed E-state index contributed by atoms with van der Waals surface area (Å²) in [5.41, 5.74) is 3.45. The highest BCUT2D eigenvalue weighted by Gasteiger charge is 2.47. The molecule has 2 aliphatic heterocycles. The fourth-order valence-electron chi connectivity index (χ4n) is 4.49. The number of fused-ring (bicyclic) bond motifs is 1. The zero-order valence-corrected chi connectivity index (χ0v) is 18.7. The molecule has 2 aromatic carbocycles. The fraction of sp³-hybridized carbons (Fsp3) is 0.192. The normalized spacial score (nSPS) is 19.3. The molecular weight excluding hydrogens is 440 g/mol. The van der Waals surface area contributed by atoms with E-state index in [1.807, 2.05) is 13.0 Å². The number of halogens is 1. The highest BCUT2D eigenvalue weighted by Crippen LogP contribution is 2.43. The number of aryl methyl sites for hydroxylation is 2. The molecule has 3 heterocycles. The molecule has 1 fully saturated rings. The van der Waals surface area contributed by atoms with Crippen molar-refractivity contribution in [3.63, 3.8) is 0 Å². The summed E-state index contributed by atoms with van der Waals surface area (Å²) >= 11 is 6.12. The van der Waals surface area contributed by atoms with Crippen LogP contribution in [0.4, 0.5) is 5.69 Å². The maximum absolute atomic E-state index is 13.3. The molecule has 1 N–H and O–H groups in total. The lowest BCUT2D eigenvalue weighted by molar-refractivity contribution is -0.132. The van der Waals surface area contributed by atoms with Gasteiger partial charge in [0.05, 0.1) is 18.2 Å². The molecular formula is C26H21ClN2O4. The summed E-state index contributed by atoms with van der Waals surface area (Å²) < 4.78 is 5.67. The Bertz CT molecular complexity index is 1300.